The van der Waals surface area contributed by atoms with Gasteiger partial charge in [0.2, 0.25) is 5.91 Å². The van der Waals surface area contributed by atoms with E-state index >= 15 is 0 Å². The fourth-order valence-corrected chi connectivity index (χ4v) is 2.31. The molecule has 3 N–H and O–H groups in total. The van der Waals surface area contributed by atoms with E-state index in [1.54, 1.807) is 6.07 Å². The summed E-state index contributed by atoms with van der Waals surface area (Å²) in [5.41, 5.74) is 1.76. The number of amides is 1. The average molecular weight is 265 g/mol. The van der Waals surface area contributed by atoms with Crippen molar-refractivity contribution in [2.45, 2.75) is 12.5 Å². The fraction of sp³-hybridized carbons (Fsp3) is 0.333. The van der Waals surface area contributed by atoms with Crippen LogP contribution in [0.5, 0.6) is 0 Å². The molecule has 1 amide bonds. The summed E-state index contributed by atoms with van der Waals surface area (Å²) in [7, 11) is 0. The largest absolute Gasteiger partial charge is 0.353 e. The molecular formula is C12H13ClN4O. The summed E-state index contributed by atoms with van der Waals surface area (Å²) in [5.74, 6) is 0.821. The predicted octanol–water partition coefficient (Wildman–Crippen LogP) is 0.847. The summed E-state index contributed by atoms with van der Waals surface area (Å²) < 4.78 is 0. The maximum atomic E-state index is 11.6. The van der Waals surface area contributed by atoms with Crippen molar-refractivity contribution in [1.82, 2.24) is 20.6 Å². The van der Waals surface area contributed by atoms with E-state index in [1.165, 1.54) is 0 Å². The van der Waals surface area contributed by atoms with Gasteiger partial charge in [0.05, 0.1) is 17.1 Å². The molecule has 0 radical (unpaired) electrons. The number of carbonyl (C=O) groups is 1. The molecule has 3 rings (SSSR count). The van der Waals surface area contributed by atoms with Crippen LogP contribution in [0.25, 0.3) is 11.0 Å². The van der Waals surface area contributed by atoms with E-state index in [0.29, 0.717) is 18.0 Å². The Morgan fingerprint density at radius 3 is 3.11 bits per heavy atom. The van der Waals surface area contributed by atoms with Crippen LogP contribution >= 0.6 is 11.6 Å². The van der Waals surface area contributed by atoms with Gasteiger partial charge in [-0.25, -0.2) is 4.98 Å². The zero-order valence-electron chi connectivity index (χ0n) is 9.66. The summed E-state index contributed by atoms with van der Waals surface area (Å²) >= 11 is 5.92. The van der Waals surface area contributed by atoms with Crippen molar-refractivity contribution in [1.29, 1.82) is 0 Å². The highest BCUT2D eigenvalue weighted by molar-refractivity contribution is 6.31. The number of carbonyl (C=O) groups excluding carboxylic acids is 1. The Kier molecular flexibility index (Phi) is 2.93. The molecule has 94 valence electrons. The van der Waals surface area contributed by atoms with Crippen molar-refractivity contribution in [3.05, 3.63) is 29.0 Å². The Morgan fingerprint density at radius 2 is 2.28 bits per heavy atom. The van der Waals surface area contributed by atoms with Gasteiger partial charge in [0.25, 0.3) is 0 Å². The number of aromatic nitrogens is 2. The van der Waals surface area contributed by atoms with E-state index in [0.717, 1.165) is 23.4 Å². The number of H-pyrrole nitrogens is 1. The number of nitrogens with one attached hydrogen (secondary N) is 3. The first-order valence-corrected chi connectivity index (χ1v) is 6.25. The Labute approximate surface area is 109 Å². The molecule has 1 aromatic carbocycles. The van der Waals surface area contributed by atoms with Gasteiger partial charge in [-0.2, -0.15) is 0 Å². The lowest BCUT2D eigenvalue weighted by Gasteiger charge is -2.22. The van der Waals surface area contributed by atoms with E-state index in [2.05, 4.69) is 20.6 Å². The van der Waals surface area contributed by atoms with Gasteiger partial charge in [-0.3, -0.25) is 4.79 Å². The molecule has 1 aromatic heterocycles. The monoisotopic (exact) mass is 264 g/mol. The number of aromatic amines is 1. The molecule has 0 saturated carbocycles. The standard InChI is InChI=1S/C12H13ClN4O/c13-7-1-2-8-9(5-7)17-11(16-8)6-10-12(18)15-4-3-14-10/h1-2,5,10,14H,3-4,6H2,(H,15,18)(H,16,17). The smallest absolute Gasteiger partial charge is 0.237 e. The summed E-state index contributed by atoms with van der Waals surface area (Å²) in [6, 6.07) is 5.29. The molecular weight excluding hydrogens is 252 g/mol. The molecule has 2 aromatic rings. The highest BCUT2D eigenvalue weighted by atomic mass is 35.5. The Hall–Kier alpha value is -1.59. The summed E-state index contributed by atoms with van der Waals surface area (Å²) in [5, 5.41) is 6.68. The van der Waals surface area contributed by atoms with E-state index in [9.17, 15) is 4.79 Å². The maximum Gasteiger partial charge on any atom is 0.237 e. The van der Waals surface area contributed by atoms with Gasteiger partial charge in [0.1, 0.15) is 5.82 Å². The Bertz CT molecular complexity index is 595. The number of benzene rings is 1. The van der Waals surface area contributed by atoms with E-state index in [4.69, 9.17) is 11.6 Å². The van der Waals surface area contributed by atoms with Crippen LogP contribution in [0.4, 0.5) is 0 Å². The minimum Gasteiger partial charge on any atom is -0.353 e. The van der Waals surface area contributed by atoms with Crippen LogP contribution in [0.2, 0.25) is 5.02 Å². The third-order valence-corrected chi connectivity index (χ3v) is 3.26. The molecule has 1 atom stereocenters. The van der Waals surface area contributed by atoms with Crippen LogP contribution in [0.3, 0.4) is 0 Å². The van der Waals surface area contributed by atoms with Crippen molar-refractivity contribution >= 4 is 28.5 Å². The quantitative estimate of drug-likeness (QED) is 0.753. The molecule has 1 aliphatic rings. The van der Waals surface area contributed by atoms with E-state index < -0.39 is 0 Å². The number of rotatable bonds is 2. The fourth-order valence-electron chi connectivity index (χ4n) is 2.14. The van der Waals surface area contributed by atoms with Crippen molar-refractivity contribution in [3.8, 4) is 0 Å². The normalized spacial score (nSPS) is 20.1. The third-order valence-electron chi connectivity index (χ3n) is 3.02. The molecule has 6 heteroatoms. The number of halogens is 1. The van der Waals surface area contributed by atoms with Gasteiger partial charge in [-0.1, -0.05) is 11.6 Å². The number of fused-ring (bicyclic) bond motifs is 1. The SMILES string of the molecule is O=C1NCCNC1Cc1nc2ccc(Cl)cc2[nH]1. The molecule has 5 nitrogen and oxygen atoms in total. The van der Waals surface area contributed by atoms with Gasteiger partial charge >= 0.3 is 0 Å². The lowest BCUT2D eigenvalue weighted by Crippen LogP contribution is -2.53. The first-order valence-electron chi connectivity index (χ1n) is 5.87. The molecule has 18 heavy (non-hydrogen) atoms. The zero-order chi connectivity index (χ0) is 12.5. The number of hydrogen-bond donors (Lipinski definition) is 3. The predicted molar refractivity (Wildman–Crippen MR) is 69.6 cm³/mol. The first kappa shape index (κ1) is 11.5. The zero-order valence-corrected chi connectivity index (χ0v) is 10.4. The molecule has 2 heterocycles. The second kappa shape index (κ2) is 4.59. The molecule has 1 saturated heterocycles. The molecule has 0 aliphatic carbocycles. The molecule has 1 unspecified atom stereocenters. The van der Waals surface area contributed by atoms with Gasteiger partial charge in [-0.05, 0) is 18.2 Å². The minimum atomic E-state index is -0.213. The average Bonchev–Trinajstić information content (AvgIpc) is 2.73. The third kappa shape index (κ3) is 2.19. The molecule has 0 bridgehead atoms. The van der Waals surface area contributed by atoms with Gasteiger partial charge in [0, 0.05) is 24.5 Å². The van der Waals surface area contributed by atoms with Crippen LogP contribution in [0, 0.1) is 0 Å². The van der Waals surface area contributed by atoms with E-state index in [-0.39, 0.29) is 11.9 Å². The number of imidazole rings is 1. The van der Waals surface area contributed by atoms with Crippen molar-refractivity contribution in [2.24, 2.45) is 0 Å². The number of hydrogen-bond acceptors (Lipinski definition) is 3. The first-order chi connectivity index (χ1) is 8.72. The topological polar surface area (TPSA) is 69.8 Å². The maximum absolute atomic E-state index is 11.6. The second-order valence-electron chi connectivity index (χ2n) is 4.35. The molecule has 1 aliphatic heterocycles. The Balaban J connectivity index is 1.84. The Morgan fingerprint density at radius 1 is 1.39 bits per heavy atom. The summed E-state index contributed by atoms with van der Waals surface area (Å²) in [4.78, 5) is 19.3. The van der Waals surface area contributed by atoms with Gasteiger partial charge in [-0.15, -0.1) is 0 Å². The van der Waals surface area contributed by atoms with Crippen LogP contribution in [-0.4, -0.2) is 35.0 Å². The highest BCUT2D eigenvalue weighted by Crippen LogP contribution is 2.17. The number of piperazine rings is 1. The molecule has 1 fully saturated rings. The van der Waals surface area contributed by atoms with Crippen LogP contribution in [-0.2, 0) is 11.2 Å². The molecule has 0 spiro atoms. The van der Waals surface area contributed by atoms with Crippen LogP contribution in [0.1, 0.15) is 5.82 Å². The highest BCUT2D eigenvalue weighted by Gasteiger charge is 2.22. The van der Waals surface area contributed by atoms with Gasteiger partial charge < -0.3 is 15.6 Å². The lowest BCUT2D eigenvalue weighted by molar-refractivity contribution is -0.124. The van der Waals surface area contributed by atoms with Crippen molar-refractivity contribution in [2.75, 3.05) is 13.1 Å². The second-order valence-corrected chi connectivity index (χ2v) is 4.78. The lowest BCUT2D eigenvalue weighted by atomic mass is 10.1. The van der Waals surface area contributed by atoms with Gasteiger partial charge in [0.15, 0.2) is 0 Å². The number of nitrogens with zero attached hydrogens (tertiary/aromatic N) is 1. The summed E-state index contributed by atoms with van der Waals surface area (Å²) in [6.45, 7) is 1.48. The van der Waals surface area contributed by atoms with Crippen LogP contribution < -0.4 is 10.6 Å². The minimum absolute atomic E-state index is 0.0275. The van der Waals surface area contributed by atoms with Crippen molar-refractivity contribution < 1.29 is 4.79 Å². The van der Waals surface area contributed by atoms with Crippen molar-refractivity contribution in [3.63, 3.8) is 0 Å². The summed E-state index contributed by atoms with van der Waals surface area (Å²) in [6.07, 6.45) is 0.554. The van der Waals surface area contributed by atoms with E-state index in [1.807, 2.05) is 12.1 Å². The van der Waals surface area contributed by atoms with Crippen LogP contribution in [0.15, 0.2) is 18.2 Å².